The van der Waals surface area contributed by atoms with Gasteiger partial charge in [-0.05, 0) is 17.7 Å². The Bertz CT molecular complexity index is 1320. The van der Waals surface area contributed by atoms with E-state index in [4.69, 9.17) is 14.2 Å². The lowest BCUT2D eigenvalue weighted by Crippen LogP contribution is -2.39. The standard InChI is InChI=1S/C24H23N3O6/c1-16(28)31-13-12-19(32-15-17-8-4-2-5-9-17)21-22-20(33-22)14-25-23(29)26(24(30)27(21)25)18-10-6-3-7-11-18/h2-11,19,21H,12-15H2,1H3/t19-,21-/m1/s1. The van der Waals surface area contributed by atoms with E-state index in [0.717, 1.165) is 10.1 Å². The number of ether oxygens (including phenoxy) is 3. The molecule has 0 fully saturated rings. The molecule has 0 N–H and O–H groups in total. The summed E-state index contributed by atoms with van der Waals surface area (Å²) in [5, 5.41) is 0. The average molecular weight is 449 g/mol. The number of esters is 1. The van der Waals surface area contributed by atoms with Crippen molar-refractivity contribution < 1.29 is 19.0 Å². The van der Waals surface area contributed by atoms with Crippen LogP contribution in [-0.4, -0.2) is 32.6 Å². The molecule has 3 aromatic rings. The highest BCUT2D eigenvalue weighted by atomic mass is 16.6. The number of carbonyl (C=O) groups is 1. The van der Waals surface area contributed by atoms with Gasteiger partial charge in [0.25, 0.3) is 0 Å². The molecule has 2 aromatic carbocycles. The predicted octanol–water partition coefficient (Wildman–Crippen LogP) is 2.14. The largest absolute Gasteiger partial charge is 0.466 e. The van der Waals surface area contributed by atoms with E-state index in [1.54, 1.807) is 24.3 Å². The van der Waals surface area contributed by atoms with Crippen LogP contribution in [0.15, 0.2) is 81.8 Å². The minimum atomic E-state index is -0.641. The van der Waals surface area contributed by atoms with Gasteiger partial charge >= 0.3 is 17.3 Å². The van der Waals surface area contributed by atoms with E-state index in [0.29, 0.717) is 30.2 Å². The molecule has 0 spiro atoms. The molecule has 0 unspecified atom stereocenters. The van der Waals surface area contributed by atoms with E-state index in [1.165, 1.54) is 16.3 Å². The molecule has 5 rings (SSSR count). The van der Waals surface area contributed by atoms with Gasteiger partial charge < -0.3 is 14.2 Å². The topological polar surface area (TPSA) is 97.0 Å². The molecule has 1 aromatic heterocycles. The lowest BCUT2D eigenvalue weighted by Gasteiger charge is -2.27. The Kier molecular flexibility index (Phi) is 5.47. The van der Waals surface area contributed by atoms with Crippen LogP contribution in [-0.2, 0) is 32.2 Å². The normalized spacial score (nSPS) is 17.1. The summed E-state index contributed by atoms with van der Waals surface area (Å²) in [4.78, 5) is 37.9. The van der Waals surface area contributed by atoms with Gasteiger partial charge in [0.15, 0.2) is 11.5 Å². The van der Waals surface area contributed by atoms with Crippen molar-refractivity contribution in [3.63, 3.8) is 0 Å². The van der Waals surface area contributed by atoms with Crippen LogP contribution < -0.4 is 11.4 Å². The molecular weight excluding hydrogens is 426 g/mol. The molecule has 3 heterocycles. The molecular formula is C24H23N3O6. The second-order valence-corrected chi connectivity index (χ2v) is 7.94. The summed E-state index contributed by atoms with van der Waals surface area (Å²) in [6.07, 6.45) is -0.235. The van der Waals surface area contributed by atoms with Crippen molar-refractivity contribution in [3.8, 4) is 5.69 Å². The summed E-state index contributed by atoms with van der Waals surface area (Å²) in [7, 11) is 0. The number of fused-ring (bicyclic) bond motifs is 1. The van der Waals surface area contributed by atoms with Crippen LogP contribution in [0.2, 0.25) is 0 Å². The predicted molar refractivity (Wildman–Crippen MR) is 118 cm³/mol. The summed E-state index contributed by atoms with van der Waals surface area (Å²) in [6, 6.07) is 17.8. The van der Waals surface area contributed by atoms with Crippen LogP contribution in [0.5, 0.6) is 0 Å². The van der Waals surface area contributed by atoms with Crippen LogP contribution in [0.4, 0.5) is 0 Å². The number of para-hydroxylation sites is 1. The highest BCUT2D eigenvalue weighted by Gasteiger charge is 2.47. The van der Waals surface area contributed by atoms with Crippen molar-refractivity contribution in [1.82, 2.24) is 13.9 Å². The van der Waals surface area contributed by atoms with Crippen molar-refractivity contribution in [2.75, 3.05) is 6.61 Å². The second-order valence-electron chi connectivity index (χ2n) is 7.94. The van der Waals surface area contributed by atoms with E-state index in [1.807, 2.05) is 36.4 Å². The van der Waals surface area contributed by atoms with Gasteiger partial charge in [-0.3, -0.25) is 4.79 Å². The number of hydrogen-bond acceptors (Lipinski definition) is 6. The zero-order chi connectivity index (χ0) is 22.9. The molecule has 0 saturated carbocycles. The van der Waals surface area contributed by atoms with Gasteiger partial charge in [0.05, 0.1) is 25.0 Å². The molecule has 2 aliphatic rings. The number of hydrogen-bond donors (Lipinski definition) is 0. The van der Waals surface area contributed by atoms with Crippen molar-refractivity contribution >= 4 is 5.97 Å². The third-order valence-electron chi connectivity index (χ3n) is 5.73. The summed E-state index contributed by atoms with van der Waals surface area (Å²) in [5.74, 6) is 0.892. The molecule has 2 aliphatic heterocycles. The van der Waals surface area contributed by atoms with E-state index in [9.17, 15) is 14.4 Å². The van der Waals surface area contributed by atoms with Crippen molar-refractivity contribution in [3.05, 3.63) is 98.7 Å². The van der Waals surface area contributed by atoms with Crippen LogP contribution in [0.25, 0.3) is 5.69 Å². The number of aromatic nitrogens is 3. The molecule has 0 bridgehead atoms. The van der Waals surface area contributed by atoms with Crippen LogP contribution in [0.1, 0.15) is 24.9 Å². The maximum Gasteiger partial charge on any atom is 0.352 e. The Balaban J connectivity index is 1.52. The first-order chi connectivity index (χ1) is 16.0. The monoisotopic (exact) mass is 449 g/mol. The molecule has 9 nitrogen and oxygen atoms in total. The van der Waals surface area contributed by atoms with E-state index < -0.39 is 29.5 Å². The summed E-state index contributed by atoms with van der Waals surface area (Å²) < 4.78 is 21.0. The fraction of sp³-hybridized carbons (Fsp3) is 0.292. The highest BCUT2D eigenvalue weighted by molar-refractivity contribution is 5.65. The maximum atomic E-state index is 13.5. The molecule has 170 valence electrons. The van der Waals surface area contributed by atoms with Crippen LogP contribution in [0, 0.1) is 0 Å². The Morgan fingerprint density at radius 3 is 2.45 bits per heavy atom. The second kappa shape index (κ2) is 8.59. The minimum absolute atomic E-state index is 0.117. The fourth-order valence-corrected chi connectivity index (χ4v) is 4.15. The number of allylic oxidation sites excluding steroid dienone is 1. The molecule has 33 heavy (non-hydrogen) atoms. The van der Waals surface area contributed by atoms with Crippen LogP contribution >= 0.6 is 0 Å². The van der Waals surface area contributed by atoms with Gasteiger partial charge in [-0.2, -0.15) is 0 Å². The van der Waals surface area contributed by atoms with Gasteiger partial charge in [0, 0.05) is 13.3 Å². The van der Waals surface area contributed by atoms with Crippen molar-refractivity contribution in [2.45, 2.75) is 38.6 Å². The van der Waals surface area contributed by atoms with Gasteiger partial charge in [-0.25, -0.2) is 23.5 Å². The smallest absolute Gasteiger partial charge is 0.352 e. The molecule has 9 heteroatoms. The van der Waals surface area contributed by atoms with Gasteiger partial charge in [0.1, 0.15) is 12.6 Å². The van der Waals surface area contributed by atoms with E-state index >= 15 is 0 Å². The lowest BCUT2D eigenvalue weighted by atomic mass is 10.1. The Hall–Kier alpha value is -3.85. The zero-order valence-corrected chi connectivity index (χ0v) is 18.0. The number of benzene rings is 2. The highest BCUT2D eigenvalue weighted by Crippen LogP contribution is 2.43. The van der Waals surface area contributed by atoms with Crippen molar-refractivity contribution in [2.24, 2.45) is 0 Å². The zero-order valence-electron chi connectivity index (χ0n) is 18.0. The number of carbonyl (C=O) groups excluding carboxylic acids is 1. The molecule has 0 saturated heterocycles. The Labute approximate surface area is 189 Å². The van der Waals surface area contributed by atoms with Gasteiger partial charge in [-0.1, -0.05) is 48.5 Å². The van der Waals surface area contributed by atoms with Crippen molar-refractivity contribution in [1.29, 1.82) is 0 Å². The molecule has 2 atom stereocenters. The third-order valence-corrected chi connectivity index (χ3v) is 5.73. The molecule has 0 aliphatic carbocycles. The van der Waals surface area contributed by atoms with E-state index in [2.05, 4.69) is 0 Å². The Morgan fingerprint density at radius 2 is 1.76 bits per heavy atom. The molecule has 0 amide bonds. The SMILES string of the molecule is CC(=O)OCC[C@@H](OCc1ccccc1)[C@@H]1C2=C(Cn3c(=O)n(-c4ccccc4)c(=O)n31)O2. The Morgan fingerprint density at radius 1 is 1.06 bits per heavy atom. The first-order valence-electron chi connectivity index (χ1n) is 10.7. The quantitative estimate of drug-likeness (QED) is 0.489. The fourth-order valence-electron chi connectivity index (χ4n) is 4.15. The third kappa shape index (κ3) is 4.03. The minimum Gasteiger partial charge on any atom is -0.466 e. The first-order valence-corrected chi connectivity index (χ1v) is 10.7. The number of rotatable bonds is 8. The first kappa shape index (κ1) is 21.0. The maximum absolute atomic E-state index is 13.5. The summed E-state index contributed by atoms with van der Waals surface area (Å²) in [5.41, 5.74) is 0.536. The summed E-state index contributed by atoms with van der Waals surface area (Å²) >= 11 is 0. The van der Waals surface area contributed by atoms with Gasteiger partial charge in [0.2, 0.25) is 0 Å². The van der Waals surface area contributed by atoms with Crippen LogP contribution in [0.3, 0.4) is 0 Å². The summed E-state index contributed by atoms with van der Waals surface area (Å²) in [6.45, 7) is 1.94. The van der Waals surface area contributed by atoms with Gasteiger partial charge in [-0.15, -0.1) is 0 Å². The number of nitrogens with zero attached hydrogens (tertiary/aromatic N) is 3. The average Bonchev–Trinajstić information content (AvgIpc) is 3.56. The molecule has 0 radical (unpaired) electrons. The lowest BCUT2D eigenvalue weighted by molar-refractivity contribution is -0.142. The van der Waals surface area contributed by atoms with E-state index in [-0.39, 0.29) is 13.2 Å².